The van der Waals surface area contributed by atoms with Crippen LogP contribution in [0.3, 0.4) is 0 Å². The van der Waals surface area contributed by atoms with E-state index in [0.29, 0.717) is 0 Å². The van der Waals surface area contributed by atoms with Gasteiger partial charge >= 0.3 is 0 Å². The van der Waals surface area contributed by atoms with Gasteiger partial charge in [0.25, 0.3) is 0 Å². The summed E-state index contributed by atoms with van der Waals surface area (Å²) in [6.45, 7) is 4.44. The third-order valence-corrected chi connectivity index (χ3v) is 4.31. The molecule has 0 aromatic heterocycles. The fourth-order valence-electron chi connectivity index (χ4n) is 2.73. The predicted octanol–water partition coefficient (Wildman–Crippen LogP) is 4.08. The zero-order valence-electron chi connectivity index (χ0n) is 10.8. The molecule has 1 fully saturated rings. The minimum Gasteiger partial charge on any atom is -0.370 e. The maximum absolute atomic E-state index is 9.28. The third kappa shape index (κ3) is 2.87. The largest absolute Gasteiger partial charge is 0.370 e. The van der Waals surface area contributed by atoms with E-state index in [9.17, 15) is 5.26 Å². The van der Waals surface area contributed by atoms with E-state index in [1.165, 1.54) is 24.8 Å². The molecule has 0 N–H and O–H groups in total. The van der Waals surface area contributed by atoms with Crippen LogP contribution in [0.15, 0.2) is 18.2 Å². The van der Waals surface area contributed by atoms with Gasteiger partial charge in [0.05, 0.1) is 11.3 Å². The summed E-state index contributed by atoms with van der Waals surface area (Å²) in [5, 5.41) is 10.1. The molecule has 1 saturated heterocycles. The van der Waals surface area contributed by atoms with E-state index in [2.05, 4.69) is 46.0 Å². The molecule has 1 aromatic carbocycles. The van der Waals surface area contributed by atoms with Crippen LogP contribution in [0.4, 0.5) is 5.69 Å². The number of nitrogens with zero attached hydrogens (tertiary/aromatic N) is 2. The molecule has 1 unspecified atom stereocenters. The van der Waals surface area contributed by atoms with Crippen LogP contribution in [0.5, 0.6) is 0 Å². The molecular formula is C15H19BrN2. The Balaban J connectivity index is 2.17. The number of hydrogen-bond donors (Lipinski definition) is 0. The molecule has 1 aliphatic heterocycles. The van der Waals surface area contributed by atoms with Crippen molar-refractivity contribution in [3.63, 3.8) is 0 Å². The summed E-state index contributed by atoms with van der Waals surface area (Å²) in [5.41, 5.74) is 3.09. The summed E-state index contributed by atoms with van der Waals surface area (Å²) >= 11 is 3.44. The van der Waals surface area contributed by atoms with Crippen molar-refractivity contribution >= 4 is 21.6 Å². The summed E-state index contributed by atoms with van der Waals surface area (Å²) in [4.78, 5) is 2.37. The van der Waals surface area contributed by atoms with Crippen molar-refractivity contribution in [3.05, 3.63) is 29.3 Å². The molecule has 1 heterocycles. The quantitative estimate of drug-likeness (QED) is 0.784. The van der Waals surface area contributed by atoms with Crippen LogP contribution in [0.25, 0.3) is 0 Å². The van der Waals surface area contributed by atoms with Crippen molar-refractivity contribution in [1.29, 1.82) is 5.26 Å². The van der Waals surface area contributed by atoms with Gasteiger partial charge in [0.15, 0.2) is 0 Å². The van der Waals surface area contributed by atoms with E-state index in [-0.39, 0.29) is 0 Å². The summed E-state index contributed by atoms with van der Waals surface area (Å²) in [6, 6.07) is 8.54. The highest BCUT2D eigenvalue weighted by molar-refractivity contribution is 9.08. The number of anilines is 1. The van der Waals surface area contributed by atoms with Gasteiger partial charge in [-0.25, -0.2) is 0 Å². The fourth-order valence-corrected chi connectivity index (χ4v) is 3.08. The molecule has 1 atom stereocenters. The molecule has 0 saturated carbocycles. The maximum atomic E-state index is 9.28. The first-order valence-corrected chi connectivity index (χ1v) is 7.74. The van der Waals surface area contributed by atoms with Gasteiger partial charge in [0.1, 0.15) is 6.07 Å². The second kappa shape index (κ2) is 6.24. The lowest BCUT2D eigenvalue weighted by molar-refractivity contribution is 0.530. The lowest BCUT2D eigenvalue weighted by Gasteiger charge is -2.20. The topological polar surface area (TPSA) is 27.0 Å². The number of hydrogen-bond acceptors (Lipinski definition) is 2. The van der Waals surface area contributed by atoms with Crippen molar-refractivity contribution in [3.8, 4) is 6.07 Å². The van der Waals surface area contributed by atoms with Crippen molar-refractivity contribution in [2.75, 3.05) is 18.0 Å². The number of benzene rings is 1. The predicted molar refractivity (Wildman–Crippen MR) is 79.0 cm³/mol. The number of alkyl halides is 1. The van der Waals surface area contributed by atoms with Gasteiger partial charge in [-0.1, -0.05) is 35.3 Å². The van der Waals surface area contributed by atoms with Gasteiger partial charge in [0.2, 0.25) is 0 Å². The van der Waals surface area contributed by atoms with E-state index in [1.54, 1.807) is 0 Å². The number of rotatable bonds is 4. The molecule has 96 valence electrons. The average Bonchev–Trinajstić information content (AvgIpc) is 2.87. The second-order valence-corrected chi connectivity index (χ2v) is 5.55. The second-order valence-electron chi connectivity index (χ2n) is 4.99. The molecule has 0 spiro atoms. The molecule has 0 aliphatic carbocycles. The van der Waals surface area contributed by atoms with Crippen LogP contribution in [0, 0.1) is 17.2 Å². The zero-order chi connectivity index (χ0) is 13.0. The molecule has 2 rings (SSSR count). The SMILES string of the molecule is CCCC1CCN(c2ccc(CBr)cc2C#N)C1. The lowest BCUT2D eigenvalue weighted by Crippen LogP contribution is -2.20. The molecule has 0 bridgehead atoms. The number of halogens is 1. The first-order valence-electron chi connectivity index (χ1n) is 6.62. The van der Waals surface area contributed by atoms with Crippen LogP contribution in [0.1, 0.15) is 37.3 Å². The van der Waals surface area contributed by atoms with Crippen molar-refractivity contribution in [2.24, 2.45) is 5.92 Å². The minimum absolute atomic E-state index is 0.803. The van der Waals surface area contributed by atoms with Crippen LogP contribution in [-0.4, -0.2) is 13.1 Å². The van der Waals surface area contributed by atoms with Gasteiger partial charge in [0, 0.05) is 18.4 Å². The smallest absolute Gasteiger partial charge is 0.101 e. The van der Waals surface area contributed by atoms with Crippen molar-refractivity contribution < 1.29 is 0 Å². The Kier molecular flexibility index (Phi) is 4.66. The van der Waals surface area contributed by atoms with Crippen LogP contribution >= 0.6 is 15.9 Å². The van der Waals surface area contributed by atoms with Crippen LogP contribution in [0.2, 0.25) is 0 Å². The molecule has 0 radical (unpaired) electrons. The van der Waals surface area contributed by atoms with Crippen LogP contribution in [-0.2, 0) is 5.33 Å². The first-order chi connectivity index (χ1) is 8.78. The molecule has 0 amide bonds. The highest BCUT2D eigenvalue weighted by atomic mass is 79.9. The lowest BCUT2D eigenvalue weighted by atomic mass is 10.0. The van der Waals surface area contributed by atoms with Gasteiger partial charge < -0.3 is 4.90 Å². The van der Waals surface area contributed by atoms with E-state index in [0.717, 1.165) is 35.6 Å². The van der Waals surface area contributed by atoms with Crippen molar-refractivity contribution in [1.82, 2.24) is 0 Å². The van der Waals surface area contributed by atoms with Gasteiger partial charge in [-0.05, 0) is 36.5 Å². The van der Waals surface area contributed by atoms with E-state index >= 15 is 0 Å². The zero-order valence-corrected chi connectivity index (χ0v) is 12.4. The van der Waals surface area contributed by atoms with Gasteiger partial charge in [-0.3, -0.25) is 0 Å². The molecule has 3 heteroatoms. The summed E-state index contributed by atoms with van der Waals surface area (Å²) in [6.07, 6.45) is 3.82. The van der Waals surface area contributed by atoms with E-state index in [1.807, 2.05) is 6.07 Å². The summed E-state index contributed by atoms with van der Waals surface area (Å²) < 4.78 is 0. The third-order valence-electron chi connectivity index (χ3n) is 3.66. The Labute approximate surface area is 118 Å². The Morgan fingerprint density at radius 3 is 3.00 bits per heavy atom. The first kappa shape index (κ1) is 13.4. The standard InChI is InChI=1S/C15H19BrN2/c1-2-3-12-6-7-18(11-12)15-5-4-13(9-16)8-14(15)10-17/h4-5,8,12H,2-3,6-7,9,11H2,1H3. The van der Waals surface area contributed by atoms with Gasteiger partial charge in [-0.15, -0.1) is 0 Å². The van der Waals surface area contributed by atoms with E-state index in [4.69, 9.17) is 0 Å². The monoisotopic (exact) mass is 306 g/mol. The fraction of sp³-hybridized carbons (Fsp3) is 0.533. The molecule has 18 heavy (non-hydrogen) atoms. The van der Waals surface area contributed by atoms with Crippen molar-refractivity contribution in [2.45, 2.75) is 31.5 Å². The Morgan fingerprint density at radius 2 is 2.33 bits per heavy atom. The molecule has 1 aliphatic rings. The molecule has 2 nitrogen and oxygen atoms in total. The highest BCUT2D eigenvalue weighted by Crippen LogP contribution is 2.29. The Hall–Kier alpha value is -1.01. The molecular weight excluding hydrogens is 288 g/mol. The summed E-state index contributed by atoms with van der Waals surface area (Å²) in [5.74, 6) is 0.803. The Bertz CT molecular complexity index is 450. The Morgan fingerprint density at radius 1 is 1.50 bits per heavy atom. The van der Waals surface area contributed by atoms with Crippen LogP contribution < -0.4 is 4.90 Å². The summed E-state index contributed by atoms with van der Waals surface area (Å²) in [7, 11) is 0. The normalized spacial score (nSPS) is 18.9. The molecule has 1 aromatic rings. The highest BCUT2D eigenvalue weighted by Gasteiger charge is 2.23. The minimum atomic E-state index is 0.803. The van der Waals surface area contributed by atoms with Gasteiger partial charge in [-0.2, -0.15) is 5.26 Å². The maximum Gasteiger partial charge on any atom is 0.101 e. The average molecular weight is 307 g/mol. The number of nitriles is 1. The van der Waals surface area contributed by atoms with E-state index < -0.39 is 0 Å².